The van der Waals surface area contributed by atoms with Crippen molar-refractivity contribution in [1.82, 2.24) is 20.0 Å². The summed E-state index contributed by atoms with van der Waals surface area (Å²) >= 11 is 0. The predicted octanol–water partition coefficient (Wildman–Crippen LogP) is 2.60. The number of nitrogens with zero attached hydrogens (tertiary/aromatic N) is 3. The Bertz CT molecular complexity index is 802. The number of hydrogen-bond donors (Lipinski definition) is 1. The lowest BCUT2D eigenvalue weighted by atomic mass is 9.87. The molecule has 136 valence electrons. The van der Waals surface area contributed by atoms with E-state index in [9.17, 15) is 4.79 Å². The fourth-order valence-electron chi connectivity index (χ4n) is 4.49. The minimum absolute atomic E-state index is 0.0850. The van der Waals surface area contributed by atoms with Crippen molar-refractivity contribution in [3.05, 3.63) is 52.8 Å². The molecule has 1 saturated heterocycles. The summed E-state index contributed by atoms with van der Waals surface area (Å²) in [5, 5.41) is 7.31. The largest absolute Gasteiger partial charge is 0.335 e. The molecule has 1 atom stereocenters. The zero-order chi connectivity index (χ0) is 17.5. The van der Waals surface area contributed by atoms with Gasteiger partial charge in [0.05, 0.1) is 0 Å². The molecule has 1 N–H and O–H groups in total. The molecule has 0 unspecified atom stereocenters. The summed E-state index contributed by atoms with van der Waals surface area (Å²) in [6.45, 7) is 3.56. The molecule has 2 aliphatic carbocycles. The molecule has 1 aliphatic heterocycles. The molecule has 5 rings (SSSR count). The third kappa shape index (κ3) is 3.05. The Balaban J connectivity index is 1.19. The van der Waals surface area contributed by atoms with Crippen LogP contribution in [0.5, 0.6) is 0 Å². The smallest absolute Gasteiger partial charge is 0.274 e. The molecule has 1 aromatic carbocycles. The number of rotatable bonds is 3. The standard InChI is InChI=1S/C21H26N4O/c26-21(20-14-19(22-23-20)16-5-6-16)25-11-9-24(10-12-25)18-8-7-15-3-1-2-4-17(15)13-18/h1-4,14,16,18H,5-13H2,(H,22,23)/t18-/m1/s1. The third-order valence-corrected chi connectivity index (χ3v) is 6.27. The van der Waals surface area contributed by atoms with Crippen LogP contribution in [-0.4, -0.2) is 58.1 Å². The number of fused-ring (bicyclic) bond motifs is 1. The molecule has 2 aromatic rings. The Morgan fingerprint density at radius 3 is 2.58 bits per heavy atom. The lowest BCUT2D eigenvalue weighted by Crippen LogP contribution is -2.53. The molecule has 2 fully saturated rings. The Morgan fingerprint density at radius 2 is 1.81 bits per heavy atom. The summed E-state index contributed by atoms with van der Waals surface area (Å²) in [4.78, 5) is 17.3. The first-order valence-electron chi connectivity index (χ1n) is 9.93. The maximum absolute atomic E-state index is 12.7. The van der Waals surface area contributed by atoms with Crippen molar-refractivity contribution in [2.24, 2.45) is 0 Å². The van der Waals surface area contributed by atoms with E-state index in [0.29, 0.717) is 17.7 Å². The second-order valence-electron chi connectivity index (χ2n) is 7.98. The molecule has 0 radical (unpaired) electrons. The first kappa shape index (κ1) is 16.1. The van der Waals surface area contributed by atoms with E-state index >= 15 is 0 Å². The Hall–Kier alpha value is -2.14. The van der Waals surface area contributed by atoms with Crippen LogP contribution in [0.2, 0.25) is 0 Å². The average molecular weight is 350 g/mol. The van der Waals surface area contributed by atoms with E-state index in [1.807, 2.05) is 11.0 Å². The summed E-state index contributed by atoms with van der Waals surface area (Å²) in [5.74, 6) is 0.692. The number of nitrogens with one attached hydrogen (secondary N) is 1. The number of piperazine rings is 1. The Morgan fingerprint density at radius 1 is 1.04 bits per heavy atom. The van der Waals surface area contributed by atoms with Crippen molar-refractivity contribution in [3.63, 3.8) is 0 Å². The molecule has 3 aliphatic rings. The maximum Gasteiger partial charge on any atom is 0.274 e. The van der Waals surface area contributed by atoms with Gasteiger partial charge in [0.15, 0.2) is 0 Å². The first-order chi connectivity index (χ1) is 12.8. The SMILES string of the molecule is O=C(c1cc(C2CC2)[nH]n1)N1CCN([C@@H]2CCc3ccccc3C2)CC1. The number of aryl methyl sites for hydroxylation is 1. The number of carbonyl (C=O) groups excluding carboxylic acids is 1. The fourth-order valence-corrected chi connectivity index (χ4v) is 4.49. The number of H-pyrrole nitrogens is 1. The lowest BCUT2D eigenvalue weighted by Gasteiger charge is -2.41. The molecule has 5 nitrogen and oxygen atoms in total. The molecule has 1 saturated carbocycles. The molecular weight excluding hydrogens is 324 g/mol. The van der Waals surface area contributed by atoms with Crippen molar-refractivity contribution in [2.45, 2.75) is 44.1 Å². The number of carbonyl (C=O) groups is 1. The highest BCUT2D eigenvalue weighted by Crippen LogP contribution is 2.39. The van der Waals surface area contributed by atoms with Crippen LogP contribution in [0, 0.1) is 0 Å². The third-order valence-electron chi connectivity index (χ3n) is 6.27. The minimum atomic E-state index is 0.0850. The monoisotopic (exact) mass is 350 g/mol. The zero-order valence-electron chi connectivity index (χ0n) is 15.2. The van der Waals surface area contributed by atoms with Gasteiger partial charge in [0, 0.05) is 43.8 Å². The van der Waals surface area contributed by atoms with E-state index < -0.39 is 0 Å². The van der Waals surface area contributed by atoms with E-state index in [-0.39, 0.29) is 5.91 Å². The highest BCUT2D eigenvalue weighted by atomic mass is 16.2. The van der Waals surface area contributed by atoms with Gasteiger partial charge >= 0.3 is 0 Å². The number of aromatic nitrogens is 2. The van der Waals surface area contributed by atoms with Crippen LogP contribution in [-0.2, 0) is 12.8 Å². The molecule has 0 bridgehead atoms. The van der Waals surface area contributed by atoms with Gasteiger partial charge in [-0.15, -0.1) is 0 Å². The normalized spacial score (nSPS) is 23.7. The van der Waals surface area contributed by atoms with Gasteiger partial charge in [-0.25, -0.2) is 0 Å². The van der Waals surface area contributed by atoms with Crippen molar-refractivity contribution < 1.29 is 4.79 Å². The van der Waals surface area contributed by atoms with Crippen molar-refractivity contribution >= 4 is 5.91 Å². The molecule has 26 heavy (non-hydrogen) atoms. The van der Waals surface area contributed by atoms with Crippen LogP contribution in [0.1, 0.15) is 52.5 Å². The van der Waals surface area contributed by atoms with Crippen molar-refractivity contribution in [2.75, 3.05) is 26.2 Å². The van der Waals surface area contributed by atoms with Crippen LogP contribution in [0.25, 0.3) is 0 Å². The van der Waals surface area contributed by atoms with E-state index in [0.717, 1.165) is 38.3 Å². The summed E-state index contributed by atoms with van der Waals surface area (Å²) < 4.78 is 0. The van der Waals surface area contributed by atoms with E-state index in [2.05, 4.69) is 39.4 Å². The Kier molecular flexibility index (Phi) is 4.04. The van der Waals surface area contributed by atoms with Crippen molar-refractivity contribution in [3.8, 4) is 0 Å². The minimum Gasteiger partial charge on any atom is -0.335 e. The van der Waals surface area contributed by atoms with Gasteiger partial charge in [-0.3, -0.25) is 14.8 Å². The van der Waals surface area contributed by atoms with Gasteiger partial charge in [0.25, 0.3) is 5.91 Å². The highest BCUT2D eigenvalue weighted by molar-refractivity contribution is 5.92. The van der Waals surface area contributed by atoms with E-state index in [1.165, 1.54) is 36.8 Å². The van der Waals surface area contributed by atoms with Crippen LogP contribution in [0.15, 0.2) is 30.3 Å². The number of amides is 1. The second kappa shape index (κ2) is 6.54. The maximum atomic E-state index is 12.7. The summed E-state index contributed by atoms with van der Waals surface area (Å²) in [7, 11) is 0. The van der Waals surface area contributed by atoms with Crippen LogP contribution < -0.4 is 0 Å². The van der Waals surface area contributed by atoms with Gasteiger partial charge < -0.3 is 4.90 Å². The number of aromatic amines is 1. The second-order valence-corrected chi connectivity index (χ2v) is 7.98. The van der Waals surface area contributed by atoms with Gasteiger partial charge in [-0.1, -0.05) is 24.3 Å². The average Bonchev–Trinajstić information content (AvgIpc) is 3.44. The van der Waals surface area contributed by atoms with Gasteiger partial charge in [-0.2, -0.15) is 5.10 Å². The van der Waals surface area contributed by atoms with E-state index in [1.54, 1.807) is 0 Å². The number of benzene rings is 1. The molecule has 5 heteroatoms. The highest BCUT2D eigenvalue weighted by Gasteiger charge is 2.31. The predicted molar refractivity (Wildman–Crippen MR) is 100 cm³/mol. The van der Waals surface area contributed by atoms with Gasteiger partial charge in [0.1, 0.15) is 5.69 Å². The fraction of sp³-hybridized carbons (Fsp3) is 0.524. The van der Waals surface area contributed by atoms with Crippen LogP contribution in [0.3, 0.4) is 0 Å². The van der Waals surface area contributed by atoms with E-state index in [4.69, 9.17) is 0 Å². The summed E-state index contributed by atoms with van der Waals surface area (Å²) in [5.41, 5.74) is 4.74. The topological polar surface area (TPSA) is 52.2 Å². The zero-order valence-corrected chi connectivity index (χ0v) is 15.2. The van der Waals surface area contributed by atoms with Crippen LogP contribution >= 0.6 is 0 Å². The molecule has 1 aromatic heterocycles. The molecule has 2 heterocycles. The number of hydrogen-bond acceptors (Lipinski definition) is 3. The lowest BCUT2D eigenvalue weighted by molar-refractivity contribution is 0.0548. The quantitative estimate of drug-likeness (QED) is 0.926. The van der Waals surface area contributed by atoms with Crippen molar-refractivity contribution in [1.29, 1.82) is 0 Å². The first-order valence-corrected chi connectivity index (χ1v) is 9.93. The summed E-state index contributed by atoms with van der Waals surface area (Å²) in [6, 6.07) is 11.4. The van der Waals surface area contributed by atoms with Crippen LogP contribution in [0.4, 0.5) is 0 Å². The molecule has 0 spiro atoms. The Labute approximate surface area is 154 Å². The van der Waals surface area contributed by atoms with Gasteiger partial charge in [-0.05, 0) is 49.3 Å². The molecule has 1 amide bonds. The summed E-state index contributed by atoms with van der Waals surface area (Å²) in [6.07, 6.45) is 6.00. The van der Waals surface area contributed by atoms with Gasteiger partial charge in [0.2, 0.25) is 0 Å². The molecular formula is C21H26N4O.